The molecule has 1 rings (SSSR count). The Morgan fingerprint density at radius 1 is 0.923 bits per heavy atom. The second-order valence-corrected chi connectivity index (χ2v) is 7.90. The van der Waals surface area contributed by atoms with E-state index in [2.05, 4.69) is 55.9 Å². The Bertz CT molecular complexity index is 425. The molecule has 0 bridgehead atoms. The maximum Gasteiger partial charge on any atom is 0.306 e. The van der Waals surface area contributed by atoms with Crippen LogP contribution in [0.2, 0.25) is 0 Å². The largest absolute Gasteiger partial charge is 0.469 e. The number of carbonyl (C=O) groups excluding carboxylic acids is 2. The predicted octanol–water partition coefficient (Wildman–Crippen LogP) is 1.60. The lowest BCUT2D eigenvalue weighted by atomic mass is 9.66. The third-order valence-corrected chi connectivity index (χ3v) is 5.96. The lowest BCUT2D eigenvalue weighted by molar-refractivity contribution is -0.157. The lowest BCUT2D eigenvalue weighted by Gasteiger charge is -2.60. The fourth-order valence-corrected chi connectivity index (χ4v) is 3.59. The van der Waals surface area contributed by atoms with Crippen LogP contribution in [0.15, 0.2) is 0 Å². The van der Waals surface area contributed by atoms with Gasteiger partial charge in [-0.15, -0.1) is 0 Å². The van der Waals surface area contributed by atoms with E-state index in [-0.39, 0.29) is 48.5 Å². The van der Waals surface area contributed by atoms with E-state index in [1.807, 2.05) is 0 Å². The summed E-state index contributed by atoms with van der Waals surface area (Å²) in [6.45, 7) is 13.7. The fourth-order valence-electron chi connectivity index (χ4n) is 3.59. The molecule has 0 radical (unpaired) electrons. The van der Waals surface area contributed by atoms with Gasteiger partial charge in [-0.1, -0.05) is 13.8 Å². The summed E-state index contributed by atoms with van der Waals surface area (Å²) in [5, 5.41) is 19.5. The van der Waals surface area contributed by atoms with Crippen molar-refractivity contribution in [2.75, 3.05) is 27.4 Å². The number of ether oxygens (including phenoxy) is 2. The van der Waals surface area contributed by atoms with Crippen molar-refractivity contribution in [3.05, 3.63) is 0 Å². The van der Waals surface area contributed by atoms with Crippen LogP contribution in [0.1, 0.15) is 54.4 Å². The highest BCUT2D eigenvalue weighted by atomic mass is 16.5. The van der Waals surface area contributed by atoms with E-state index in [0.717, 1.165) is 0 Å². The summed E-state index contributed by atoms with van der Waals surface area (Å²) < 4.78 is 8.60. The summed E-state index contributed by atoms with van der Waals surface area (Å²) in [6, 6.07) is 0. The standard InChI is InChI=1S/C13H27NO2.C6H10O4/c1-9-11(16)10(2)13(5,6)14(7-8-15)12(9,3)4;1-9-5(7)3-4-6(8)10-2/h9-11,15-16H,7-8H2,1-6H3;3-4H2,1-2H3. The maximum atomic E-state index is 10.4. The second kappa shape index (κ2) is 10.2. The Balaban J connectivity index is 0.000000541. The van der Waals surface area contributed by atoms with Gasteiger partial charge < -0.3 is 19.7 Å². The number of aliphatic hydroxyl groups excluding tert-OH is 2. The van der Waals surface area contributed by atoms with Crippen molar-refractivity contribution in [1.29, 1.82) is 0 Å². The molecular formula is C19H37NO6. The number of piperidine rings is 1. The van der Waals surface area contributed by atoms with Crippen molar-refractivity contribution in [2.24, 2.45) is 11.8 Å². The normalized spacial score (nSPS) is 27.1. The molecule has 1 aliphatic heterocycles. The molecule has 1 heterocycles. The Morgan fingerprint density at radius 3 is 1.54 bits per heavy atom. The fraction of sp³-hybridized carbons (Fsp3) is 0.895. The Hall–Kier alpha value is -1.18. The monoisotopic (exact) mass is 375 g/mol. The molecule has 0 amide bonds. The minimum atomic E-state index is -0.398. The van der Waals surface area contributed by atoms with Crippen LogP contribution < -0.4 is 0 Å². The third-order valence-electron chi connectivity index (χ3n) is 5.96. The third kappa shape index (κ3) is 5.93. The maximum absolute atomic E-state index is 10.4. The molecule has 7 heteroatoms. The minimum absolute atomic E-state index is 0.0852. The van der Waals surface area contributed by atoms with Crippen molar-refractivity contribution in [3.8, 4) is 0 Å². The molecule has 0 saturated carbocycles. The van der Waals surface area contributed by atoms with Gasteiger partial charge in [0.2, 0.25) is 0 Å². The van der Waals surface area contributed by atoms with Gasteiger partial charge >= 0.3 is 11.9 Å². The van der Waals surface area contributed by atoms with Crippen molar-refractivity contribution in [1.82, 2.24) is 4.90 Å². The summed E-state index contributed by atoms with van der Waals surface area (Å²) in [5.41, 5.74) is -0.170. The van der Waals surface area contributed by atoms with Crippen LogP contribution in [0.5, 0.6) is 0 Å². The van der Waals surface area contributed by atoms with Crippen molar-refractivity contribution in [3.63, 3.8) is 0 Å². The molecule has 7 nitrogen and oxygen atoms in total. The minimum Gasteiger partial charge on any atom is -0.469 e. The quantitative estimate of drug-likeness (QED) is 0.705. The first-order chi connectivity index (χ1) is 11.9. The number of methoxy groups -OCH3 is 2. The number of aliphatic hydroxyl groups is 2. The molecule has 0 spiro atoms. The molecule has 2 unspecified atom stereocenters. The first-order valence-corrected chi connectivity index (χ1v) is 9.08. The Morgan fingerprint density at radius 2 is 1.27 bits per heavy atom. The van der Waals surface area contributed by atoms with Crippen molar-refractivity contribution in [2.45, 2.75) is 71.6 Å². The highest BCUT2D eigenvalue weighted by molar-refractivity contribution is 5.77. The number of β-amino-alcohol motifs (C(OH)–C–C–N with tert-alkyl or cyclic N) is 1. The van der Waals surface area contributed by atoms with E-state index in [0.29, 0.717) is 6.54 Å². The number of hydrogen-bond acceptors (Lipinski definition) is 7. The smallest absolute Gasteiger partial charge is 0.306 e. The van der Waals surface area contributed by atoms with Gasteiger partial charge in [-0.3, -0.25) is 14.5 Å². The highest BCUT2D eigenvalue weighted by Gasteiger charge is 2.52. The number of rotatable bonds is 5. The average Bonchev–Trinajstić information content (AvgIpc) is 2.60. The number of esters is 2. The highest BCUT2D eigenvalue weighted by Crippen LogP contribution is 2.44. The molecule has 1 aliphatic rings. The summed E-state index contributed by atoms with van der Waals surface area (Å²) in [7, 11) is 2.55. The molecule has 1 saturated heterocycles. The van der Waals surface area contributed by atoms with E-state index in [1.54, 1.807) is 0 Å². The molecule has 1 fully saturated rings. The van der Waals surface area contributed by atoms with Crippen molar-refractivity contribution < 1.29 is 29.3 Å². The van der Waals surface area contributed by atoms with E-state index in [9.17, 15) is 19.8 Å². The topological polar surface area (TPSA) is 96.3 Å². The SMILES string of the molecule is CC1C(O)C(C)C(C)(C)N(CCO)C1(C)C.COC(=O)CCC(=O)OC. The Kier molecular flexibility index (Phi) is 9.77. The molecule has 26 heavy (non-hydrogen) atoms. The molecular weight excluding hydrogens is 338 g/mol. The van der Waals surface area contributed by atoms with Gasteiger partial charge in [0, 0.05) is 29.5 Å². The molecule has 0 aliphatic carbocycles. The van der Waals surface area contributed by atoms with E-state index in [4.69, 9.17) is 0 Å². The number of carbonyl (C=O) groups is 2. The Labute approximate surface area is 157 Å². The summed E-state index contributed by atoms with van der Waals surface area (Å²) in [4.78, 5) is 23.1. The first-order valence-electron chi connectivity index (χ1n) is 9.08. The predicted molar refractivity (Wildman–Crippen MR) is 99.6 cm³/mol. The lowest BCUT2D eigenvalue weighted by Crippen LogP contribution is -2.69. The zero-order chi connectivity index (χ0) is 20.7. The van der Waals surface area contributed by atoms with E-state index < -0.39 is 11.9 Å². The molecule has 154 valence electrons. The molecule has 0 aromatic rings. The van der Waals surface area contributed by atoms with Crippen LogP contribution in [0.3, 0.4) is 0 Å². The molecule has 0 aromatic heterocycles. The van der Waals surface area contributed by atoms with Gasteiger partial charge in [0.15, 0.2) is 0 Å². The van der Waals surface area contributed by atoms with Gasteiger partial charge in [-0.2, -0.15) is 0 Å². The van der Waals surface area contributed by atoms with E-state index in [1.165, 1.54) is 14.2 Å². The van der Waals surface area contributed by atoms with Crippen LogP contribution in [0.4, 0.5) is 0 Å². The van der Waals surface area contributed by atoms with Crippen LogP contribution in [0.25, 0.3) is 0 Å². The first kappa shape index (κ1) is 24.8. The summed E-state index contributed by atoms with van der Waals surface area (Å²) in [6.07, 6.45) is -0.105. The summed E-state index contributed by atoms with van der Waals surface area (Å²) >= 11 is 0. The van der Waals surface area contributed by atoms with Gasteiger partial charge in [-0.25, -0.2) is 0 Å². The van der Waals surface area contributed by atoms with Gasteiger partial charge in [0.25, 0.3) is 0 Å². The average molecular weight is 376 g/mol. The number of likely N-dealkylation sites (tertiary alicyclic amines) is 1. The van der Waals surface area contributed by atoms with Crippen LogP contribution >= 0.6 is 0 Å². The molecule has 2 atom stereocenters. The number of hydrogen-bond donors (Lipinski definition) is 2. The zero-order valence-electron chi connectivity index (χ0n) is 17.5. The summed E-state index contributed by atoms with van der Waals surface area (Å²) in [5.74, 6) is -0.375. The van der Waals surface area contributed by atoms with Gasteiger partial charge in [-0.05, 0) is 27.7 Å². The second-order valence-electron chi connectivity index (χ2n) is 7.90. The van der Waals surface area contributed by atoms with Crippen LogP contribution in [0, 0.1) is 11.8 Å². The van der Waals surface area contributed by atoms with E-state index >= 15 is 0 Å². The zero-order valence-corrected chi connectivity index (χ0v) is 17.5. The number of nitrogens with zero attached hydrogens (tertiary/aromatic N) is 1. The van der Waals surface area contributed by atoms with Gasteiger partial charge in [0.1, 0.15) is 0 Å². The molecule has 0 aromatic carbocycles. The van der Waals surface area contributed by atoms with Crippen LogP contribution in [-0.4, -0.2) is 71.6 Å². The van der Waals surface area contributed by atoms with Crippen molar-refractivity contribution >= 4 is 11.9 Å². The molecule has 2 N–H and O–H groups in total. The van der Waals surface area contributed by atoms with Gasteiger partial charge in [0.05, 0.1) is 39.8 Å². The van der Waals surface area contributed by atoms with Crippen LogP contribution in [-0.2, 0) is 19.1 Å².